The fourth-order valence-corrected chi connectivity index (χ4v) is 2.52. The van der Waals surface area contributed by atoms with Gasteiger partial charge in [-0.05, 0) is 11.6 Å². The van der Waals surface area contributed by atoms with Gasteiger partial charge in [0.1, 0.15) is 0 Å². The monoisotopic (exact) mass is 275 g/mol. The molecule has 0 saturated heterocycles. The molecule has 0 spiro atoms. The first-order chi connectivity index (χ1) is 9.20. The van der Waals surface area contributed by atoms with Crippen LogP contribution in [-0.2, 0) is 19.5 Å². The summed E-state index contributed by atoms with van der Waals surface area (Å²) in [5.41, 5.74) is 8.93. The Morgan fingerprint density at radius 2 is 2.21 bits per heavy atom. The van der Waals surface area contributed by atoms with Crippen LogP contribution in [0.2, 0.25) is 5.02 Å². The first-order valence-corrected chi connectivity index (χ1v) is 6.50. The smallest absolute Gasteiger partial charge is 0.220 e. The Hall–Kier alpha value is -1.72. The van der Waals surface area contributed by atoms with Gasteiger partial charge in [-0.1, -0.05) is 11.6 Å². The van der Waals surface area contributed by atoms with Gasteiger partial charge in [0.25, 0.3) is 0 Å². The van der Waals surface area contributed by atoms with Crippen LogP contribution in [0.5, 0.6) is 0 Å². The van der Waals surface area contributed by atoms with Crippen molar-refractivity contribution in [1.29, 1.82) is 0 Å². The van der Waals surface area contributed by atoms with Crippen LogP contribution in [0.3, 0.4) is 0 Å². The van der Waals surface area contributed by atoms with Gasteiger partial charge in [0, 0.05) is 50.2 Å². The molecular formula is C13H14ClN5. The summed E-state index contributed by atoms with van der Waals surface area (Å²) >= 11 is 5.95. The number of fused-ring (bicyclic) bond motifs is 1. The minimum absolute atomic E-state index is 0.353. The fourth-order valence-electron chi connectivity index (χ4n) is 2.33. The molecule has 0 amide bonds. The molecule has 5 nitrogen and oxygen atoms in total. The average Bonchev–Trinajstić information content (AvgIpc) is 2.39. The summed E-state index contributed by atoms with van der Waals surface area (Å²) in [5.74, 6) is 0.353. The van der Waals surface area contributed by atoms with Gasteiger partial charge in [-0.3, -0.25) is 9.88 Å². The van der Waals surface area contributed by atoms with Gasteiger partial charge in [-0.15, -0.1) is 0 Å². The van der Waals surface area contributed by atoms with E-state index in [1.807, 2.05) is 18.5 Å². The molecule has 19 heavy (non-hydrogen) atoms. The molecule has 0 aliphatic carbocycles. The number of hydrogen-bond acceptors (Lipinski definition) is 5. The Balaban J connectivity index is 1.74. The van der Waals surface area contributed by atoms with E-state index < -0.39 is 0 Å². The van der Waals surface area contributed by atoms with E-state index in [1.54, 1.807) is 6.20 Å². The molecule has 2 aromatic rings. The lowest BCUT2D eigenvalue weighted by atomic mass is 10.1. The SMILES string of the molecule is Nc1ncc2c(n1)CCN(Cc1cncc(Cl)c1)C2. The molecule has 2 N–H and O–H groups in total. The maximum atomic E-state index is 5.95. The molecule has 1 aliphatic rings. The van der Waals surface area contributed by atoms with E-state index in [0.717, 1.165) is 42.9 Å². The molecule has 98 valence electrons. The minimum atomic E-state index is 0.353. The Bertz CT molecular complexity index is 601. The van der Waals surface area contributed by atoms with Crippen LogP contribution < -0.4 is 5.73 Å². The molecule has 2 aromatic heterocycles. The molecular weight excluding hydrogens is 262 g/mol. The summed E-state index contributed by atoms with van der Waals surface area (Å²) in [6, 6.07) is 1.95. The van der Waals surface area contributed by atoms with Gasteiger partial charge in [0.05, 0.1) is 10.7 Å². The van der Waals surface area contributed by atoms with Gasteiger partial charge in [-0.25, -0.2) is 9.97 Å². The number of halogens is 1. The summed E-state index contributed by atoms with van der Waals surface area (Å²) in [6.07, 6.45) is 6.21. The Morgan fingerprint density at radius 3 is 3.05 bits per heavy atom. The highest BCUT2D eigenvalue weighted by Gasteiger charge is 2.18. The Kier molecular flexibility index (Phi) is 3.31. The number of nitrogens with zero attached hydrogens (tertiary/aromatic N) is 4. The van der Waals surface area contributed by atoms with Crippen LogP contribution in [0.25, 0.3) is 0 Å². The van der Waals surface area contributed by atoms with E-state index in [9.17, 15) is 0 Å². The molecule has 0 fully saturated rings. The van der Waals surface area contributed by atoms with Crippen molar-refractivity contribution in [2.45, 2.75) is 19.5 Å². The Labute approximate surface area is 116 Å². The lowest BCUT2D eigenvalue weighted by Crippen LogP contribution is -2.31. The van der Waals surface area contributed by atoms with Crippen LogP contribution in [0.15, 0.2) is 24.7 Å². The topological polar surface area (TPSA) is 67.9 Å². The molecule has 1 aliphatic heterocycles. The number of hydrogen-bond donors (Lipinski definition) is 1. The molecule has 3 rings (SSSR count). The van der Waals surface area contributed by atoms with E-state index in [0.29, 0.717) is 11.0 Å². The Morgan fingerprint density at radius 1 is 1.32 bits per heavy atom. The molecule has 0 aromatic carbocycles. The summed E-state index contributed by atoms with van der Waals surface area (Å²) < 4.78 is 0. The quantitative estimate of drug-likeness (QED) is 0.903. The van der Waals surface area contributed by atoms with E-state index >= 15 is 0 Å². The third kappa shape index (κ3) is 2.83. The number of nitrogens with two attached hydrogens (primary N) is 1. The number of nitrogen functional groups attached to an aromatic ring is 1. The van der Waals surface area contributed by atoms with Crippen molar-refractivity contribution in [2.24, 2.45) is 0 Å². The lowest BCUT2D eigenvalue weighted by molar-refractivity contribution is 0.242. The first-order valence-electron chi connectivity index (χ1n) is 6.13. The van der Waals surface area contributed by atoms with Crippen molar-refractivity contribution in [3.8, 4) is 0 Å². The minimum Gasteiger partial charge on any atom is -0.368 e. The van der Waals surface area contributed by atoms with Crippen molar-refractivity contribution < 1.29 is 0 Å². The van der Waals surface area contributed by atoms with E-state index in [-0.39, 0.29) is 0 Å². The van der Waals surface area contributed by atoms with Crippen molar-refractivity contribution in [3.05, 3.63) is 46.5 Å². The number of pyridine rings is 1. The second kappa shape index (κ2) is 5.11. The maximum Gasteiger partial charge on any atom is 0.220 e. The predicted octanol–water partition coefficient (Wildman–Crippen LogP) is 1.67. The van der Waals surface area contributed by atoms with Gasteiger partial charge in [0.2, 0.25) is 5.95 Å². The summed E-state index contributed by atoms with van der Waals surface area (Å²) in [6.45, 7) is 2.62. The fraction of sp³-hybridized carbons (Fsp3) is 0.308. The lowest BCUT2D eigenvalue weighted by Gasteiger charge is -2.27. The van der Waals surface area contributed by atoms with E-state index in [4.69, 9.17) is 17.3 Å². The summed E-state index contributed by atoms with van der Waals surface area (Å²) in [4.78, 5) is 14.8. The number of anilines is 1. The van der Waals surface area contributed by atoms with Gasteiger partial charge in [0.15, 0.2) is 0 Å². The standard InChI is InChI=1S/C13H14ClN5/c14-11-3-9(4-16-6-11)7-19-2-1-12-10(8-19)5-17-13(15)18-12/h3-6H,1-2,7-8H2,(H2,15,17,18). The second-order valence-corrected chi connectivity index (χ2v) is 5.11. The van der Waals surface area contributed by atoms with Crippen molar-refractivity contribution in [1.82, 2.24) is 19.9 Å². The average molecular weight is 276 g/mol. The highest BCUT2D eigenvalue weighted by Crippen LogP contribution is 2.19. The second-order valence-electron chi connectivity index (χ2n) is 4.67. The molecule has 0 atom stereocenters. The van der Waals surface area contributed by atoms with Gasteiger partial charge >= 0.3 is 0 Å². The molecule has 0 bridgehead atoms. The predicted molar refractivity (Wildman–Crippen MR) is 73.5 cm³/mol. The normalized spacial score (nSPS) is 15.2. The zero-order valence-corrected chi connectivity index (χ0v) is 11.1. The number of aromatic nitrogens is 3. The molecule has 0 radical (unpaired) electrons. The van der Waals surface area contributed by atoms with Crippen LogP contribution in [-0.4, -0.2) is 26.4 Å². The number of rotatable bonds is 2. The van der Waals surface area contributed by atoms with E-state index in [1.165, 1.54) is 0 Å². The summed E-state index contributed by atoms with van der Waals surface area (Å²) in [5, 5.41) is 0.672. The van der Waals surface area contributed by atoms with Gasteiger partial charge in [-0.2, -0.15) is 0 Å². The molecule has 3 heterocycles. The van der Waals surface area contributed by atoms with Crippen LogP contribution in [0.1, 0.15) is 16.8 Å². The molecule has 0 unspecified atom stereocenters. The van der Waals surface area contributed by atoms with Crippen LogP contribution in [0.4, 0.5) is 5.95 Å². The maximum absolute atomic E-state index is 5.95. The van der Waals surface area contributed by atoms with Crippen LogP contribution >= 0.6 is 11.6 Å². The van der Waals surface area contributed by atoms with Gasteiger partial charge < -0.3 is 5.73 Å². The molecule has 6 heteroatoms. The van der Waals surface area contributed by atoms with Crippen molar-refractivity contribution in [3.63, 3.8) is 0 Å². The first kappa shape index (κ1) is 12.3. The largest absolute Gasteiger partial charge is 0.368 e. The highest BCUT2D eigenvalue weighted by atomic mass is 35.5. The van der Waals surface area contributed by atoms with Crippen molar-refractivity contribution in [2.75, 3.05) is 12.3 Å². The summed E-state index contributed by atoms with van der Waals surface area (Å²) in [7, 11) is 0. The third-order valence-corrected chi connectivity index (χ3v) is 3.41. The third-order valence-electron chi connectivity index (χ3n) is 3.20. The highest BCUT2D eigenvalue weighted by molar-refractivity contribution is 6.30. The van der Waals surface area contributed by atoms with Crippen LogP contribution in [0, 0.1) is 0 Å². The van der Waals surface area contributed by atoms with E-state index in [2.05, 4.69) is 19.9 Å². The zero-order chi connectivity index (χ0) is 13.2. The van der Waals surface area contributed by atoms with Crippen molar-refractivity contribution >= 4 is 17.5 Å². The molecule has 0 saturated carbocycles. The zero-order valence-electron chi connectivity index (χ0n) is 10.4.